The van der Waals surface area contributed by atoms with Crippen LogP contribution >= 0.6 is 0 Å². The van der Waals surface area contributed by atoms with Crippen molar-refractivity contribution in [2.24, 2.45) is 0 Å². The number of aryl methyl sites for hydroxylation is 1. The van der Waals surface area contributed by atoms with Gasteiger partial charge in [0.2, 0.25) is 0 Å². The Bertz CT molecular complexity index is 1220. The number of hydrogen-bond acceptors (Lipinski definition) is 6. The van der Waals surface area contributed by atoms with E-state index in [1.165, 1.54) is 12.1 Å². The molecule has 1 aromatic heterocycles. The van der Waals surface area contributed by atoms with E-state index in [1.54, 1.807) is 62.4 Å². The van der Waals surface area contributed by atoms with Crippen LogP contribution in [0.2, 0.25) is 0 Å². The smallest absolute Gasteiger partial charge is 0.342 e. The molecule has 0 bridgehead atoms. The van der Waals surface area contributed by atoms with Crippen molar-refractivity contribution in [3.63, 3.8) is 0 Å². The molecule has 0 spiro atoms. The van der Waals surface area contributed by atoms with Crippen LogP contribution in [0.1, 0.15) is 22.8 Å². The van der Waals surface area contributed by atoms with Crippen LogP contribution in [0.25, 0.3) is 22.3 Å². The Hall–Kier alpha value is -3.93. The fraction of sp³-hybridized carbons (Fsp3) is 0.125. The second-order valence-corrected chi connectivity index (χ2v) is 6.79. The third kappa shape index (κ3) is 3.67. The molecule has 3 aromatic carbocycles. The number of aromatic hydroxyl groups is 2. The Morgan fingerprint density at radius 2 is 1.77 bits per heavy atom. The van der Waals surface area contributed by atoms with Crippen molar-refractivity contribution in [1.82, 2.24) is 0 Å². The Labute approximate surface area is 172 Å². The summed E-state index contributed by atoms with van der Waals surface area (Å²) in [6, 6.07) is 16.7. The lowest BCUT2D eigenvalue weighted by Crippen LogP contribution is -2.05. The van der Waals surface area contributed by atoms with Crippen LogP contribution in [0.3, 0.4) is 0 Å². The maximum atomic E-state index is 12.6. The van der Waals surface area contributed by atoms with E-state index in [1.807, 2.05) is 0 Å². The van der Waals surface area contributed by atoms with Gasteiger partial charge in [-0.3, -0.25) is 0 Å². The van der Waals surface area contributed by atoms with Gasteiger partial charge < -0.3 is 24.1 Å². The van der Waals surface area contributed by atoms with Crippen molar-refractivity contribution < 1.29 is 28.9 Å². The van der Waals surface area contributed by atoms with Gasteiger partial charge in [0.15, 0.2) is 0 Å². The molecular formula is C24H20O6. The fourth-order valence-electron chi connectivity index (χ4n) is 3.20. The van der Waals surface area contributed by atoms with E-state index in [2.05, 4.69) is 0 Å². The highest BCUT2D eigenvalue weighted by Gasteiger charge is 2.24. The minimum Gasteiger partial charge on any atom is -0.508 e. The van der Waals surface area contributed by atoms with Crippen LogP contribution in [0.4, 0.5) is 0 Å². The average Bonchev–Trinajstić information content (AvgIpc) is 3.07. The van der Waals surface area contributed by atoms with E-state index in [-0.39, 0.29) is 23.7 Å². The van der Waals surface area contributed by atoms with Crippen molar-refractivity contribution in [2.75, 3.05) is 6.61 Å². The first kappa shape index (κ1) is 19.4. The molecule has 0 aliphatic heterocycles. The summed E-state index contributed by atoms with van der Waals surface area (Å²) >= 11 is 0. The molecule has 30 heavy (non-hydrogen) atoms. The van der Waals surface area contributed by atoms with E-state index < -0.39 is 5.97 Å². The first-order valence-corrected chi connectivity index (χ1v) is 9.47. The summed E-state index contributed by atoms with van der Waals surface area (Å²) in [6.45, 7) is 3.71. The van der Waals surface area contributed by atoms with Gasteiger partial charge in [-0.05, 0) is 67.9 Å². The van der Waals surface area contributed by atoms with Crippen molar-refractivity contribution >= 4 is 16.9 Å². The number of phenolic OH excluding ortho intramolecular Hbond substituents is 2. The lowest BCUT2D eigenvalue weighted by molar-refractivity contribution is 0.0528. The van der Waals surface area contributed by atoms with Crippen LogP contribution < -0.4 is 4.74 Å². The largest absolute Gasteiger partial charge is 0.508 e. The van der Waals surface area contributed by atoms with Gasteiger partial charge in [0.05, 0.1) is 6.61 Å². The Balaban J connectivity index is 1.74. The maximum Gasteiger partial charge on any atom is 0.342 e. The summed E-state index contributed by atoms with van der Waals surface area (Å²) in [4.78, 5) is 12.6. The number of furan rings is 1. The van der Waals surface area contributed by atoms with Gasteiger partial charge in [0, 0.05) is 17.0 Å². The van der Waals surface area contributed by atoms with Gasteiger partial charge in [0.25, 0.3) is 0 Å². The zero-order valence-electron chi connectivity index (χ0n) is 16.5. The molecule has 0 aliphatic rings. The third-order valence-electron chi connectivity index (χ3n) is 4.66. The standard InChI is InChI=1S/C24H20O6/c1-3-28-24(27)22-19-13-20(26)14(2)11-21(19)30-23(22)15-7-9-17(10-8-15)29-18-6-4-5-16(25)12-18/h4-13,25-26H,3H2,1-2H3. The molecule has 0 unspecified atom stereocenters. The molecule has 6 nitrogen and oxygen atoms in total. The number of esters is 1. The highest BCUT2D eigenvalue weighted by atomic mass is 16.5. The van der Waals surface area contributed by atoms with Crippen molar-refractivity contribution in [2.45, 2.75) is 13.8 Å². The molecule has 0 atom stereocenters. The van der Waals surface area contributed by atoms with E-state index in [0.717, 1.165) is 0 Å². The summed E-state index contributed by atoms with van der Waals surface area (Å²) in [5, 5.41) is 20.2. The number of carbonyl (C=O) groups is 1. The molecule has 152 valence electrons. The summed E-state index contributed by atoms with van der Waals surface area (Å²) in [5.74, 6) is 1.10. The third-order valence-corrected chi connectivity index (χ3v) is 4.66. The second kappa shape index (κ2) is 7.83. The highest BCUT2D eigenvalue weighted by molar-refractivity contribution is 6.09. The summed E-state index contributed by atoms with van der Waals surface area (Å²) in [7, 11) is 0. The molecule has 0 radical (unpaired) electrons. The van der Waals surface area contributed by atoms with Gasteiger partial charge in [-0.25, -0.2) is 4.79 Å². The van der Waals surface area contributed by atoms with E-state index in [0.29, 0.717) is 39.4 Å². The van der Waals surface area contributed by atoms with Crippen LogP contribution in [0.5, 0.6) is 23.0 Å². The zero-order valence-corrected chi connectivity index (χ0v) is 16.5. The average molecular weight is 404 g/mol. The summed E-state index contributed by atoms with van der Waals surface area (Å²) in [6.07, 6.45) is 0. The topological polar surface area (TPSA) is 89.1 Å². The summed E-state index contributed by atoms with van der Waals surface area (Å²) in [5.41, 5.74) is 2.06. The second-order valence-electron chi connectivity index (χ2n) is 6.79. The fourth-order valence-corrected chi connectivity index (χ4v) is 3.20. The maximum absolute atomic E-state index is 12.6. The number of fused-ring (bicyclic) bond motifs is 1. The van der Waals surface area contributed by atoms with Crippen LogP contribution in [-0.4, -0.2) is 22.8 Å². The molecular weight excluding hydrogens is 384 g/mol. The van der Waals surface area contributed by atoms with Crippen LogP contribution in [0, 0.1) is 6.92 Å². The molecule has 0 amide bonds. The highest BCUT2D eigenvalue weighted by Crippen LogP contribution is 2.38. The van der Waals surface area contributed by atoms with E-state index in [4.69, 9.17) is 13.9 Å². The van der Waals surface area contributed by atoms with Gasteiger partial charge in [-0.2, -0.15) is 0 Å². The predicted octanol–water partition coefficient (Wildman–Crippen LogP) is 5.79. The summed E-state index contributed by atoms with van der Waals surface area (Å²) < 4.78 is 16.9. The Morgan fingerprint density at radius 3 is 2.47 bits per heavy atom. The lowest BCUT2D eigenvalue weighted by atomic mass is 10.0. The van der Waals surface area contributed by atoms with Gasteiger partial charge in [-0.15, -0.1) is 0 Å². The lowest BCUT2D eigenvalue weighted by Gasteiger charge is -2.07. The minimum absolute atomic E-state index is 0.0789. The first-order chi connectivity index (χ1) is 14.5. The molecule has 1 heterocycles. The number of phenols is 2. The molecule has 4 aromatic rings. The monoisotopic (exact) mass is 404 g/mol. The molecule has 0 saturated carbocycles. The number of rotatable bonds is 5. The Kier molecular flexibility index (Phi) is 5.06. The number of benzene rings is 3. The van der Waals surface area contributed by atoms with E-state index in [9.17, 15) is 15.0 Å². The zero-order chi connectivity index (χ0) is 21.3. The Morgan fingerprint density at radius 1 is 1.00 bits per heavy atom. The van der Waals surface area contributed by atoms with Crippen LogP contribution in [-0.2, 0) is 4.74 Å². The predicted molar refractivity (Wildman–Crippen MR) is 112 cm³/mol. The quantitative estimate of drug-likeness (QED) is 0.409. The minimum atomic E-state index is -0.519. The molecule has 0 fully saturated rings. The van der Waals surface area contributed by atoms with Crippen LogP contribution in [0.15, 0.2) is 65.1 Å². The molecule has 2 N–H and O–H groups in total. The van der Waals surface area contributed by atoms with Crippen molar-refractivity contribution in [3.8, 4) is 34.3 Å². The van der Waals surface area contributed by atoms with Crippen molar-refractivity contribution in [3.05, 3.63) is 71.8 Å². The SMILES string of the molecule is CCOC(=O)c1c(-c2ccc(Oc3cccc(O)c3)cc2)oc2cc(C)c(O)cc12. The van der Waals surface area contributed by atoms with Gasteiger partial charge in [-0.1, -0.05) is 6.07 Å². The molecule has 0 saturated heterocycles. The first-order valence-electron chi connectivity index (χ1n) is 9.47. The van der Waals surface area contributed by atoms with E-state index >= 15 is 0 Å². The molecule has 6 heteroatoms. The van der Waals surface area contributed by atoms with Gasteiger partial charge >= 0.3 is 5.97 Å². The number of ether oxygens (including phenoxy) is 2. The normalized spacial score (nSPS) is 10.9. The molecule has 4 rings (SSSR count). The number of carbonyl (C=O) groups excluding carboxylic acids is 1. The van der Waals surface area contributed by atoms with Crippen molar-refractivity contribution in [1.29, 1.82) is 0 Å². The number of hydrogen-bond donors (Lipinski definition) is 2. The molecule has 0 aliphatic carbocycles. The van der Waals surface area contributed by atoms with Gasteiger partial charge in [0.1, 0.15) is 39.9 Å².